The Morgan fingerprint density at radius 1 is 0.577 bits per heavy atom. The first-order valence-electron chi connectivity index (χ1n) is 22.5. The van der Waals surface area contributed by atoms with Gasteiger partial charge in [-0.2, -0.15) is 0 Å². The summed E-state index contributed by atoms with van der Waals surface area (Å²) >= 11 is 0. The fourth-order valence-electron chi connectivity index (χ4n) is 9.41. The summed E-state index contributed by atoms with van der Waals surface area (Å²) in [4.78, 5) is 39.4. The highest BCUT2D eigenvalue weighted by Gasteiger charge is 2.63. The van der Waals surface area contributed by atoms with Crippen LogP contribution in [0.4, 0.5) is 0 Å². The van der Waals surface area contributed by atoms with Gasteiger partial charge in [-0.1, -0.05) is 104 Å². The van der Waals surface area contributed by atoms with E-state index in [9.17, 15) is 14.4 Å². The molecule has 0 bridgehead atoms. The molecule has 3 fully saturated rings. The lowest BCUT2D eigenvalue weighted by Crippen LogP contribution is -2.64. The Labute approximate surface area is 319 Å². The number of hydrogen-bond donors (Lipinski definition) is 0. The van der Waals surface area contributed by atoms with Gasteiger partial charge < -0.3 is 19.1 Å². The molecule has 0 aromatic carbocycles. The lowest BCUT2D eigenvalue weighted by Gasteiger charge is -2.69. The molecular formula is C45H81NO6. The van der Waals surface area contributed by atoms with Crippen molar-refractivity contribution in [3.8, 4) is 0 Å². The summed E-state index contributed by atoms with van der Waals surface area (Å²) in [5.74, 6) is 5.07. The number of nitrogens with zero attached hydrogens (tertiary/aromatic N) is 1. The lowest BCUT2D eigenvalue weighted by molar-refractivity contribution is -0.218. The van der Waals surface area contributed by atoms with Crippen molar-refractivity contribution in [1.82, 2.24) is 4.90 Å². The first-order chi connectivity index (χ1) is 25.3. The van der Waals surface area contributed by atoms with Crippen LogP contribution < -0.4 is 0 Å². The standard InChI is InChI=1S/C45H81NO6/c1-5-7-15-22-36(23-16-8-6-2)31-33-50-42(47)26-19-13-9-11-17-24-38(52-44(49)28-21-32-46(3)4)25-18-12-10-14-20-27-43(48)51-35-37-34-41-39-29-30-40(39)45(37)41/h36-41,45H,5-35H2,1-4H3/t37?,38?,39-,40+,41+,45-/m0/s1. The van der Waals surface area contributed by atoms with Gasteiger partial charge in [0, 0.05) is 19.3 Å². The Morgan fingerprint density at radius 2 is 1.12 bits per heavy atom. The molecule has 302 valence electrons. The maximum Gasteiger partial charge on any atom is 0.306 e. The number of ether oxygens (including phenoxy) is 3. The normalized spacial score (nSPS) is 22.2. The smallest absolute Gasteiger partial charge is 0.306 e. The van der Waals surface area contributed by atoms with Gasteiger partial charge in [0.15, 0.2) is 0 Å². The third-order valence-electron chi connectivity index (χ3n) is 12.8. The highest BCUT2D eigenvalue weighted by molar-refractivity contribution is 5.70. The van der Waals surface area contributed by atoms with E-state index in [2.05, 4.69) is 18.7 Å². The van der Waals surface area contributed by atoms with Crippen molar-refractivity contribution in [3.05, 3.63) is 0 Å². The third-order valence-corrected chi connectivity index (χ3v) is 12.8. The minimum absolute atomic E-state index is 0.0104. The molecule has 52 heavy (non-hydrogen) atoms. The first-order valence-corrected chi connectivity index (χ1v) is 22.5. The van der Waals surface area contributed by atoms with E-state index in [1.807, 2.05) is 14.1 Å². The summed E-state index contributed by atoms with van der Waals surface area (Å²) in [6.07, 6.45) is 30.0. The second-order valence-corrected chi connectivity index (χ2v) is 17.3. The van der Waals surface area contributed by atoms with Crippen LogP contribution in [0.1, 0.15) is 194 Å². The minimum atomic E-state index is -0.0700. The molecule has 3 aliphatic rings. The van der Waals surface area contributed by atoms with E-state index in [-0.39, 0.29) is 24.0 Å². The summed E-state index contributed by atoms with van der Waals surface area (Å²) < 4.78 is 17.3. The fourth-order valence-corrected chi connectivity index (χ4v) is 9.41. The van der Waals surface area contributed by atoms with Crippen molar-refractivity contribution < 1.29 is 28.6 Å². The Morgan fingerprint density at radius 3 is 1.67 bits per heavy atom. The number of carbonyl (C=O) groups is 3. The van der Waals surface area contributed by atoms with E-state index >= 15 is 0 Å². The Kier molecular flexibility index (Phi) is 23.3. The van der Waals surface area contributed by atoms with Crippen LogP contribution in [0, 0.1) is 35.5 Å². The number of rotatable bonds is 34. The zero-order valence-electron chi connectivity index (χ0n) is 34.4. The van der Waals surface area contributed by atoms with Gasteiger partial charge in [0.1, 0.15) is 6.10 Å². The van der Waals surface area contributed by atoms with Crippen molar-refractivity contribution in [2.24, 2.45) is 35.5 Å². The van der Waals surface area contributed by atoms with E-state index in [0.717, 1.165) is 120 Å². The molecule has 0 amide bonds. The average Bonchev–Trinajstić information content (AvgIpc) is 3.09. The Balaban J connectivity index is 1.19. The quantitative estimate of drug-likeness (QED) is 0.0370. The van der Waals surface area contributed by atoms with Gasteiger partial charge >= 0.3 is 17.9 Å². The number of carbonyl (C=O) groups excluding carboxylic acids is 3. The molecule has 6 atom stereocenters. The van der Waals surface area contributed by atoms with E-state index in [0.29, 0.717) is 44.3 Å². The van der Waals surface area contributed by atoms with Crippen LogP contribution in [-0.4, -0.2) is 62.8 Å². The van der Waals surface area contributed by atoms with Gasteiger partial charge in [-0.3, -0.25) is 14.4 Å². The number of fused-ring (bicyclic) bond motifs is 4. The molecule has 0 N–H and O–H groups in total. The molecule has 7 heteroatoms. The van der Waals surface area contributed by atoms with Gasteiger partial charge in [0.05, 0.1) is 13.2 Å². The van der Waals surface area contributed by atoms with E-state index < -0.39 is 0 Å². The summed E-state index contributed by atoms with van der Waals surface area (Å²) in [5, 5.41) is 0. The SMILES string of the molecule is CCCCCC(CCCCC)CCOC(=O)CCCCCCCC(CCCCCCCC(=O)OCC1C[C@@H]2[C@H]3CC[C@H]3[C@H]12)OC(=O)CCCN(C)C. The Bertz CT molecular complexity index is 953. The molecule has 2 unspecified atom stereocenters. The molecular weight excluding hydrogens is 650 g/mol. The maximum absolute atomic E-state index is 12.6. The van der Waals surface area contributed by atoms with Crippen LogP contribution in [0.2, 0.25) is 0 Å². The van der Waals surface area contributed by atoms with Gasteiger partial charge in [-0.15, -0.1) is 0 Å². The van der Waals surface area contributed by atoms with Crippen molar-refractivity contribution in [3.63, 3.8) is 0 Å². The second-order valence-electron chi connectivity index (χ2n) is 17.3. The van der Waals surface area contributed by atoms with Gasteiger partial charge in [0.25, 0.3) is 0 Å². The molecule has 3 aliphatic carbocycles. The van der Waals surface area contributed by atoms with Gasteiger partial charge in [0.2, 0.25) is 0 Å². The highest BCUT2D eigenvalue weighted by atomic mass is 16.5. The number of hydrogen-bond acceptors (Lipinski definition) is 7. The molecule has 0 saturated heterocycles. The van der Waals surface area contributed by atoms with Gasteiger partial charge in [-0.05, 0) is 127 Å². The molecule has 3 rings (SSSR count). The molecule has 0 aromatic heterocycles. The van der Waals surface area contributed by atoms with Crippen LogP contribution in [0.5, 0.6) is 0 Å². The third kappa shape index (κ3) is 17.7. The summed E-state index contributed by atoms with van der Waals surface area (Å²) in [7, 11) is 4.06. The number of unbranched alkanes of at least 4 members (excludes halogenated alkanes) is 12. The van der Waals surface area contributed by atoms with Crippen LogP contribution in [0.3, 0.4) is 0 Å². The highest BCUT2D eigenvalue weighted by Crippen LogP contribution is 2.69. The van der Waals surface area contributed by atoms with E-state index in [1.165, 1.54) is 70.6 Å². The first kappa shape index (κ1) is 44.8. The van der Waals surface area contributed by atoms with Crippen molar-refractivity contribution >= 4 is 17.9 Å². The van der Waals surface area contributed by atoms with Crippen LogP contribution >= 0.6 is 0 Å². The molecule has 0 spiro atoms. The molecule has 3 saturated carbocycles. The van der Waals surface area contributed by atoms with Crippen LogP contribution in [0.15, 0.2) is 0 Å². The lowest BCUT2D eigenvalue weighted by atomic mass is 9.36. The average molecular weight is 732 g/mol. The van der Waals surface area contributed by atoms with Crippen LogP contribution in [0.25, 0.3) is 0 Å². The predicted molar refractivity (Wildman–Crippen MR) is 212 cm³/mol. The topological polar surface area (TPSA) is 82.1 Å². The van der Waals surface area contributed by atoms with E-state index in [1.54, 1.807) is 0 Å². The van der Waals surface area contributed by atoms with E-state index in [4.69, 9.17) is 14.2 Å². The fraction of sp³-hybridized carbons (Fsp3) is 0.933. The summed E-state index contributed by atoms with van der Waals surface area (Å²) in [6, 6.07) is 0. The number of esters is 3. The van der Waals surface area contributed by atoms with Crippen molar-refractivity contribution in [2.75, 3.05) is 33.9 Å². The van der Waals surface area contributed by atoms with Crippen molar-refractivity contribution in [2.45, 2.75) is 200 Å². The minimum Gasteiger partial charge on any atom is -0.466 e. The van der Waals surface area contributed by atoms with Crippen molar-refractivity contribution in [1.29, 1.82) is 0 Å². The van der Waals surface area contributed by atoms with Gasteiger partial charge in [-0.25, -0.2) is 0 Å². The monoisotopic (exact) mass is 732 g/mol. The molecule has 0 aliphatic heterocycles. The summed E-state index contributed by atoms with van der Waals surface area (Å²) in [5.41, 5.74) is 0. The Hall–Kier alpha value is -1.63. The molecule has 0 heterocycles. The molecule has 0 radical (unpaired) electrons. The maximum atomic E-state index is 12.6. The molecule has 0 aromatic rings. The molecule has 7 nitrogen and oxygen atoms in total. The second kappa shape index (κ2) is 27.0. The zero-order chi connectivity index (χ0) is 37.4. The largest absolute Gasteiger partial charge is 0.466 e. The van der Waals surface area contributed by atoms with Crippen LogP contribution in [-0.2, 0) is 28.6 Å². The zero-order valence-corrected chi connectivity index (χ0v) is 34.4. The summed E-state index contributed by atoms with van der Waals surface area (Å²) in [6.45, 7) is 6.64. The predicted octanol–water partition coefficient (Wildman–Crippen LogP) is 11.2.